The summed E-state index contributed by atoms with van der Waals surface area (Å²) < 4.78 is 0. The Morgan fingerprint density at radius 2 is 2.11 bits per heavy atom. The van der Waals surface area contributed by atoms with Crippen LogP contribution in [0.25, 0.3) is 0 Å². The van der Waals surface area contributed by atoms with Gasteiger partial charge in [0.15, 0.2) is 0 Å². The summed E-state index contributed by atoms with van der Waals surface area (Å²) in [5.41, 5.74) is 8.91. The Kier molecular flexibility index (Phi) is 3.00. The lowest BCUT2D eigenvalue weighted by Crippen LogP contribution is -2.42. The molecule has 3 nitrogen and oxygen atoms in total. The van der Waals surface area contributed by atoms with E-state index in [0.717, 1.165) is 43.6 Å². The van der Waals surface area contributed by atoms with E-state index in [-0.39, 0.29) is 5.41 Å². The number of carbonyl (C=O) groups excluding carboxylic acids is 1. The van der Waals surface area contributed by atoms with Crippen molar-refractivity contribution < 1.29 is 4.79 Å². The van der Waals surface area contributed by atoms with Gasteiger partial charge in [0.25, 0.3) is 0 Å². The number of hydrogen-bond donors (Lipinski definition) is 1. The van der Waals surface area contributed by atoms with E-state index in [1.165, 1.54) is 18.4 Å². The zero-order chi connectivity index (χ0) is 13.5. The Morgan fingerprint density at radius 1 is 1.37 bits per heavy atom. The van der Waals surface area contributed by atoms with Crippen LogP contribution in [0.1, 0.15) is 44.6 Å². The Bertz CT molecular complexity index is 503. The topological polar surface area (TPSA) is 46.3 Å². The molecular formula is C16H22N2O. The van der Waals surface area contributed by atoms with Crippen molar-refractivity contribution in [3.8, 4) is 0 Å². The van der Waals surface area contributed by atoms with Crippen molar-refractivity contribution in [1.29, 1.82) is 0 Å². The van der Waals surface area contributed by atoms with Crippen LogP contribution in [0.5, 0.6) is 0 Å². The van der Waals surface area contributed by atoms with E-state index < -0.39 is 0 Å². The van der Waals surface area contributed by atoms with E-state index in [0.29, 0.717) is 5.91 Å². The summed E-state index contributed by atoms with van der Waals surface area (Å²) in [5, 5.41) is 0. The molecular weight excluding hydrogens is 236 g/mol. The lowest BCUT2D eigenvalue weighted by molar-refractivity contribution is -0.128. The van der Waals surface area contributed by atoms with Crippen LogP contribution in [0.4, 0.5) is 11.4 Å². The highest BCUT2D eigenvalue weighted by Gasteiger charge is 2.43. The van der Waals surface area contributed by atoms with Gasteiger partial charge in [0, 0.05) is 12.0 Å². The molecule has 0 spiro atoms. The van der Waals surface area contributed by atoms with Crippen molar-refractivity contribution in [2.45, 2.75) is 45.4 Å². The van der Waals surface area contributed by atoms with Gasteiger partial charge >= 0.3 is 0 Å². The highest BCUT2D eigenvalue weighted by molar-refractivity contribution is 6.02. The number of carbonyl (C=O) groups is 1. The molecule has 2 N–H and O–H groups in total. The zero-order valence-corrected chi connectivity index (χ0v) is 11.6. The van der Waals surface area contributed by atoms with Crippen LogP contribution in [0.15, 0.2) is 18.2 Å². The van der Waals surface area contributed by atoms with E-state index >= 15 is 0 Å². The zero-order valence-electron chi connectivity index (χ0n) is 11.6. The molecule has 1 fully saturated rings. The summed E-state index contributed by atoms with van der Waals surface area (Å²) in [4.78, 5) is 14.9. The fraction of sp³-hybridized carbons (Fsp3) is 0.562. The number of anilines is 2. The first-order chi connectivity index (χ1) is 9.18. The number of nitrogens with zero attached hydrogens (tertiary/aromatic N) is 1. The molecule has 19 heavy (non-hydrogen) atoms. The third-order valence-electron chi connectivity index (χ3n) is 4.96. The molecule has 0 atom stereocenters. The Labute approximate surface area is 114 Å². The van der Waals surface area contributed by atoms with Gasteiger partial charge in [-0.2, -0.15) is 0 Å². The Hall–Kier alpha value is -1.51. The molecule has 1 amide bonds. The molecule has 1 aromatic carbocycles. The fourth-order valence-electron chi connectivity index (χ4n) is 3.75. The monoisotopic (exact) mass is 258 g/mol. The molecule has 1 aromatic rings. The summed E-state index contributed by atoms with van der Waals surface area (Å²) >= 11 is 0. The minimum Gasteiger partial charge on any atom is -0.397 e. The average molecular weight is 258 g/mol. The summed E-state index contributed by atoms with van der Waals surface area (Å²) in [7, 11) is 0. The largest absolute Gasteiger partial charge is 0.397 e. The summed E-state index contributed by atoms with van der Waals surface area (Å²) in [6, 6.07) is 5.97. The maximum atomic E-state index is 13.0. The second-order valence-electron chi connectivity index (χ2n) is 5.90. The predicted molar refractivity (Wildman–Crippen MR) is 78.1 cm³/mol. The first-order valence-corrected chi connectivity index (χ1v) is 7.37. The smallest absolute Gasteiger partial charge is 0.233 e. The van der Waals surface area contributed by atoms with Crippen molar-refractivity contribution in [3.63, 3.8) is 0 Å². The van der Waals surface area contributed by atoms with E-state index in [2.05, 4.69) is 13.0 Å². The number of para-hydroxylation sites is 1. The normalized spacial score (nSPS) is 20.6. The molecule has 1 aliphatic carbocycles. The van der Waals surface area contributed by atoms with E-state index in [9.17, 15) is 4.79 Å². The molecule has 1 saturated carbocycles. The van der Waals surface area contributed by atoms with Crippen LogP contribution < -0.4 is 10.6 Å². The number of hydrogen-bond acceptors (Lipinski definition) is 2. The molecule has 0 radical (unpaired) electrons. The molecule has 3 rings (SSSR count). The molecule has 2 aliphatic rings. The highest BCUT2D eigenvalue weighted by atomic mass is 16.2. The maximum absolute atomic E-state index is 13.0. The molecule has 0 aromatic heterocycles. The van der Waals surface area contributed by atoms with Gasteiger partial charge in [0.2, 0.25) is 5.91 Å². The van der Waals surface area contributed by atoms with Crippen LogP contribution in [-0.2, 0) is 11.2 Å². The number of rotatable bonds is 2. The lowest BCUT2D eigenvalue weighted by atomic mass is 9.82. The molecule has 1 heterocycles. The van der Waals surface area contributed by atoms with Gasteiger partial charge in [0.05, 0.1) is 11.4 Å². The third-order valence-corrected chi connectivity index (χ3v) is 4.96. The maximum Gasteiger partial charge on any atom is 0.233 e. The standard InChI is InChI=1S/C16H22N2O/c1-2-16(9-3-4-10-16)15(19)18-11-8-12-6-5-7-13(17)14(12)18/h5-7H,2-4,8-11,17H2,1H3. The molecule has 1 aliphatic heterocycles. The van der Waals surface area contributed by atoms with Crippen molar-refractivity contribution in [3.05, 3.63) is 23.8 Å². The van der Waals surface area contributed by atoms with Gasteiger partial charge in [-0.3, -0.25) is 4.79 Å². The SMILES string of the molecule is CCC1(C(=O)N2CCc3cccc(N)c32)CCCC1. The molecule has 0 bridgehead atoms. The number of nitrogens with two attached hydrogens (primary N) is 1. The van der Waals surface area contributed by atoms with Gasteiger partial charge in [0.1, 0.15) is 0 Å². The van der Waals surface area contributed by atoms with E-state index in [4.69, 9.17) is 5.73 Å². The van der Waals surface area contributed by atoms with Crippen molar-refractivity contribution >= 4 is 17.3 Å². The van der Waals surface area contributed by atoms with Crippen LogP contribution in [0, 0.1) is 5.41 Å². The second kappa shape index (κ2) is 4.55. The van der Waals surface area contributed by atoms with Crippen LogP contribution in [-0.4, -0.2) is 12.5 Å². The van der Waals surface area contributed by atoms with Gasteiger partial charge in [-0.15, -0.1) is 0 Å². The van der Waals surface area contributed by atoms with Crippen LogP contribution in [0.2, 0.25) is 0 Å². The first kappa shape index (κ1) is 12.5. The first-order valence-electron chi connectivity index (χ1n) is 7.37. The molecule has 3 heteroatoms. The number of amides is 1. The van der Waals surface area contributed by atoms with Gasteiger partial charge in [-0.25, -0.2) is 0 Å². The van der Waals surface area contributed by atoms with Crippen molar-refractivity contribution in [2.75, 3.05) is 17.2 Å². The predicted octanol–water partition coefficient (Wildman–Crippen LogP) is 3.13. The Balaban J connectivity index is 1.95. The van der Waals surface area contributed by atoms with Gasteiger partial charge < -0.3 is 10.6 Å². The number of fused-ring (bicyclic) bond motifs is 1. The molecule has 0 unspecified atom stereocenters. The van der Waals surface area contributed by atoms with E-state index in [1.54, 1.807) is 0 Å². The number of benzene rings is 1. The minimum absolute atomic E-state index is 0.121. The van der Waals surface area contributed by atoms with Gasteiger partial charge in [-0.05, 0) is 37.3 Å². The average Bonchev–Trinajstić information content (AvgIpc) is 3.06. The summed E-state index contributed by atoms with van der Waals surface area (Å²) in [6.45, 7) is 2.94. The second-order valence-corrected chi connectivity index (χ2v) is 5.90. The molecule has 0 saturated heterocycles. The fourth-order valence-corrected chi connectivity index (χ4v) is 3.75. The minimum atomic E-state index is -0.121. The quantitative estimate of drug-likeness (QED) is 0.828. The van der Waals surface area contributed by atoms with Crippen LogP contribution in [0.3, 0.4) is 0 Å². The third kappa shape index (κ3) is 1.83. The molecule has 102 valence electrons. The van der Waals surface area contributed by atoms with Gasteiger partial charge in [-0.1, -0.05) is 31.9 Å². The van der Waals surface area contributed by atoms with Crippen molar-refractivity contribution in [2.24, 2.45) is 5.41 Å². The van der Waals surface area contributed by atoms with Crippen LogP contribution >= 0.6 is 0 Å². The van der Waals surface area contributed by atoms with E-state index in [1.807, 2.05) is 17.0 Å². The van der Waals surface area contributed by atoms with Crippen molar-refractivity contribution in [1.82, 2.24) is 0 Å². The number of nitrogen functional groups attached to an aromatic ring is 1. The lowest BCUT2D eigenvalue weighted by Gasteiger charge is -2.32. The Morgan fingerprint density at radius 3 is 2.79 bits per heavy atom. The summed E-state index contributed by atoms with van der Waals surface area (Å²) in [5.74, 6) is 0.309. The summed E-state index contributed by atoms with van der Waals surface area (Å²) in [6.07, 6.45) is 6.34. The highest BCUT2D eigenvalue weighted by Crippen LogP contribution is 2.45.